The highest BCUT2D eigenvalue weighted by Gasteiger charge is 2.30. The molecular weight excluding hydrogens is 198 g/mol. The van der Waals surface area contributed by atoms with Gasteiger partial charge >= 0.3 is 5.97 Å². The third-order valence-corrected chi connectivity index (χ3v) is 2.00. The third-order valence-electron chi connectivity index (χ3n) is 2.00. The van der Waals surface area contributed by atoms with Crippen LogP contribution in [0.5, 0.6) is 0 Å². The Hall–Kier alpha value is -1.33. The number of hydrogen-bond donors (Lipinski definition) is 2. The number of aliphatic hydroxyl groups is 1. The third kappa shape index (κ3) is 3.38. The van der Waals surface area contributed by atoms with Gasteiger partial charge in [-0.25, -0.2) is 4.79 Å². The summed E-state index contributed by atoms with van der Waals surface area (Å²) in [7, 11) is 1.24. The molecule has 0 amide bonds. The highest BCUT2D eigenvalue weighted by molar-refractivity contribution is 5.78. The first-order valence-corrected chi connectivity index (χ1v) is 4.59. The van der Waals surface area contributed by atoms with Gasteiger partial charge in [-0.2, -0.15) is 0 Å². The molecule has 1 unspecified atom stereocenters. The second-order valence-electron chi connectivity index (χ2n) is 3.50. The van der Waals surface area contributed by atoms with Gasteiger partial charge in [0.25, 0.3) is 0 Å². The monoisotopic (exact) mass is 213 g/mol. The summed E-state index contributed by atoms with van der Waals surface area (Å²) in [4.78, 5) is 11.1. The lowest BCUT2D eigenvalue weighted by Gasteiger charge is -2.20. The number of esters is 1. The molecule has 5 nitrogen and oxygen atoms in total. The maximum absolute atomic E-state index is 11.1. The molecule has 1 rings (SSSR count). The predicted octanol–water partition coefficient (Wildman–Crippen LogP) is 0.293. The molecule has 2 N–H and O–H groups in total. The molecule has 1 aromatic heterocycles. The van der Waals surface area contributed by atoms with Gasteiger partial charge in [0.15, 0.2) is 5.60 Å². The van der Waals surface area contributed by atoms with E-state index >= 15 is 0 Å². The van der Waals surface area contributed by atoms with Crippen molar-refractivity contribution >= 4 is 5.97 Å². The Labute approximate surface area is 88.0 Å². The van der Waals surface area contributed by atoms with Crippen LogP contribution in [-0.4, -0.2) is 30.3 Å². The molecule has 5 heteroatoms. The first kappa shape index (κ1) is 11.7. The minimum atomic E-state index is -1.50. The molecule has 0 aliphatic heterocycles. The molecular formula is C10H15NO4. The zero-order valence-electron chi connectivity index (χ0n) is 8.82. The topological polar surface area (TPSA) is 71.7 Å². The van der Waals surface area contributed by atoms with Crippen LogP contribution in [0.2, 0.25) is 0 Å². The molecule has 0 aromatic carbocycles. The van der Waals surface area contributed by atoms with Crippen LogP contribution in [0, 0.1) is 0 Å². The fourth-order valence-corrected chi connectivity index (χ4v) is 1.14. The summed E-state index contributed by atoms with van der Waals surface area (Å²) in [6, 6.07) is 1.81. The van der Waals surface area contributed by atoms with E-state index in [2.05, 4.69) is 10.1 Å². The van der Waals surface area contributed by atoms with Gasteiger partial charge in [0, 0.05) is 18.7 Å². The van der Waals surface area contributed by atoms with Crippen molar-refractivity contribution in [3.05, 3.63) is 24.2 Å². The second kappa shape index (κ2) is 4.95. The van der Waals surface area contributed by atoms with Crippen molar-refractivity contribution in [2.45, 2.75) is 19.1 Å². The van der Waals surface area contributed by atoms with E-state index in [1.807, 2.05) is 0 Å². The number of nitrogens with one attached hydrogen (secondary N) is 1. The summed E-state index contributed by atoms with van der Waals surface area (Å²) in [5.74, 6) is -0.651. The normalized spacial score (nSPS) is 14.6. The zero-order valence-corrected chi connectivity index (χ0v) is 8.82. The van der Waals surface area contributed by atoms with Crippen molar-refractivity contribution in [1.29, 1.82) is 0 Å². The van der Waals surface area contributed by atoms with Crippen LogP contribution in [0.1, 0.15) is 12.5 Å². The maximum atomic E-state index is 11.1. The van der Waals surface area contributed by atoms with E-state index in [1.54, 1.807) is 18.6 Å². The number of carbonyl (C=O) groups is 1. The predicted molar refractivity (Wildman–Crippen MR) is 53.1 cm³/mol. The minimum Gasteiger partial charge on any atom is -0.472 e. The number of hydrogen-bond acceptors (Lipinski definition) is 5. The van der Waals surface area contributed by atoms with Crippen LogP contribution < -0.4 is 5.32 Å². The molecule has 0 aliphatic rings. The molecule has 0 bridgehead atoms. The van der Waals surface area contributed by atoms with Gasteiger partial charge in [-0.3, -0.25) is 0 Å². The van der Waals surface area contributed by atoms with Crippen molar-refractivity contribution in [3.63, 3.8) is 0 Å². The Kier molecular flexibility index (Phi) is 3.88. The summed E-state index contributed by atoms with van der Waals surface area (Å²) >= 11 is 0. The Morgan fingerprint density at radius 3 is 3.00 bits per heavy atom. The summed E-state index contributed by atoms with van der Waals surface area (Å²) in [5, 5.41) is 12.6. The van der Waals surface area contributed by atoms with Gasteiger partial charge in [0.05, 0.1) is 19.6 Å². The molecule has 0 aliphatic carbocycles. The highest BCUT2D eigenvalue weighted by Crippen LogP contribution is 2.05. The van der Waals surface area contributed by atoms with Gasteiger partial charge in [-0.05, 0) is 13.0 Å². The SMILES string of the molecule is COC(=O)C(C)(O)CNCc1ccoc1. The minimum absolute atomic E-state index is 0.130. The van der Waals surface area contributed by atoms with Crippen LogP contribution >= 0.6 is 0 Å². The van der Waals surface area contributed by atoms with E-state index < -0.39 is 11.6 Å². The Morgan fingerprint density at radius 1 is 1.73 bits per heavy atom. The Morgan fingerprint density at radius 2 is 2.47 bits per heavy atom. The largest absolute Gasteiger partial charge is 0.472 e. The molecule has 15 heavy (non-hydrogen) atoms. The lowest BCUT2D eigenvalue weighted by Crippen LogP contribution is -2.45. The van der Waals surface area contributed by atoms with E-state index in [9.17, 15) is 9.90 Å². The number of rotatable bonds is 5. The smallest absolute Gasteiger partial charge is 0.338 e. The van der Waals surface area contributed by atoms with Gasteiger partial charge in [-0.15, -0.1) is 0 Å². The van der Waals surface area contributed by atoms with Crippen LogP contribution in [0.3, 0.4) is 0 Å². The summed E-state index contributed by atoms with van der Waals surface area (Å²) in [5.41, 5.74) is -0.547. The first-order chi connectivity index (χ1) is 7.06. The number of ether oxygens (including phenoxy) is 1. The lowest BCUT2D eigenvalue weighted by atomic mass is 10.1. The molecule has 1 atom stereocenters. The molecule has 0 spiro atoms. The van der Waals surface area contributed by atoms with Crippen molar-refractivity contribution in [2.24, 2.45) is 0 Å². The first-order valence-electron chi connectivity index (χ1n) is 4.59. The number of furan rings is 1. The van der Waals surface area contributed by atoms with E-state index in [1.165, 1.54) is 14.0 Å². The van der Waals surface area contributed by atoms with Gasteiger partial charge in [-0.1, -0.05) is 0 Å². The number of carbonyl (C=O) groups excluding carboxylic acids is 1. The molecule has 0 saturated carbocycles. The summed E-state index contributed by atoms with van der Waals surface area (Å²) in [6.45, 7) is 2.07. The highest BCUT2D eigenvalue weighted by atomic mass is 16.5. The Bertz CT molecular complexity index is 305. The Balaban J connectivity index is 2.33. The van der Waals surface area contributed by atoms with Gasteiger partial charge in [0.2, 0.25) is 0 Å². The molecule has 0 radical (unpaired) electrons. The van der Waals surface area contributed by atoms with E-state index in [0.717, 1.165) is 5.56 Å². The van der Waals surface area contributed by atoms with Gasteiger partial charge in [0.1, 0.15) is 0 Å². The van der Waals surface area contributed by atoms with Crippen molar-refractivity contribution < 1.29 is 19.1 Å². The van der Waals surface area contributed by atoms with Crippen LogP contribution in [0.4, 0.5) is 0 Å². The maximum Gasteiger partial charge on any atom is 0.338 e. The van der Waals surface area contributed by atoms with Crippen LogP contribution in [-0.2, 0) is 16.1 Å². The quantitative estimate of drug-likeness (QED) is 0.688. The summed E-state index contributed by atoms with van der Waals surface area (Å²) in [6.07, 6.45) is 3.16. The van der Waals surface area contributed by atoms with Gasteiger partial charge < -0.3 is 19.6 Å². The standard InChI is InChI=1S/C10H15NO4/c1-10(13,9(12)14-2)7-11-5-8-3-4-15-6-8/h3-4,6,11,13H,5,7H2,1-2H3. The molecule has 0 fully saturated rings. The van der Waals surface area contributed by atoms with Crippen molar-refractivity contribution in [1.82, 2.24) is 5.32 Å². The average molecular weight is 213 g/mol. The van der Waals surface area contributed by atoms with E-state index in [4.69, 9.17) is 4.42 Å². The van der Waals surface area contributed by atoms with E-state index in [-0.39, 0.29) is 6.54 Å². The fourth-order valence-electron chi connectivity index (χ4n) is 1.14. The van der Waals surface area contributed by atoms with Crippen LogP contribution in [0.15, 0.2) is 23.0 Å². The summed E-state index contributed by atoms with van der Waals surface area (Å²) < 4.78 is 9.33. The molecule has 84 valence electrons. The lowest BCUT2D eigenvalue weighted by molar-refractivity contribution is -0.159. The van der Waals surface area contributed by atoms with Crippen LogP contribution in [0.25, 0.3) is 0 Å². The van der Waals surface area contributed by atoms with E-state index in [0.29, 0.717) is 6.54 Å². The van der Waals surface area contributed by atoms with Crippen molar-refractivity contribution in [3.8, 4) is 0 Å². The molecule has 1 aromatic rings. The molecule has 1 heterocycles. The molecule has 0 saturated heterocycles. The number of methoxy groups -OCH3 is 1. The average Bonchev–Trinajstić information content (AvgIpc) is 2.69. The second-order valence-corrected chi connectivity index (χ2v) is 3.50. The van der Waals surface area contributed by atoms with Crippen molar-refractivity contribution in [2.75, 3.05) is 13.7 Å². The zero-order chi connectivity index (χ0) is 11.3. The fraction of sp³-hybridized carbons (Fsp3) is 0.500.